The van der Waals surface area contributed by atoms with Gasteiger partial charge in [-0.15, -0.1) is 0 Å². The highest BCUT2D eigenvalue weighted by molar-refractivity contribution is 5.74. The van der Waals surface area contributed by atoms with Gasteiger partial charge in [0.25, 0.3) is 0 Å². The molecule has 1 N–H and O–H groups in total. The van der Waals surface area contributed by atoms with Crippen LogP contribution in [-0.4, -0.2) is 59.8 Å². The number of para-hydroxylation sites is 2. The van der Waals surface area contributed by atoms with E-state index in [9.17, 15) is 9.18 Å². The van der Waals surface area contributed by atoms with E-state index in [0.717, 1.165) is 66.6 Å². The Hall–Kier alpha value is -2.77. The molecule has 1 aliphatic rings. The largest absolute Gasteiger partial charge is 0.457 e. The lowest BCUT2D eigenvalue weighted by atomic mass is 9.65. The van der Waals surface area contributed by atoms with Gasteiger partial charge in [-0.3, -0.25) is 0 Å². The van der Waals surface area contributed by atoms with Crippen molar-refractivity contribution in [3.63, 3.8) is 0 Å². The molecule has 0 saturated heterocycles. The number of hydrogen-bond acceptors (Lipinski definition) is 5. The van der Waals surface area contributed by atoms with Gasteiger partial charge in [-0.05, 0) is 81.0 Å². The predicted octanol–water partition coefficient (Wildman–Crippen LogP) is 6.44. The van der Waals surface area contributed by atoms with Gasteiger partial charge in [0.15, 0.2) is 0 Å². The number of halogens is 1. The molecule has 0 fully saturated rings. The third-order valence-electron chi connectivity index (χ3n) is 8.43. The number of H-pyrrole nitrogens is 1. The standard InChI is InChI=1S/C32H44FN3O3/c1-22(2)31-26-15-14-25(33)20-24(26)16-17-32(31,39-30(37)21-38-5)18-19-36(4)23(3)10-6-9-13-29-34-27-11-7-8-12-28(27)35-29/h7-8,11-12,14-15,20,22-23,31H,6,9-10,13,16-19,21H2,1-5H3,(H,34,35)/t23-,31-,32-/m0/s1. The summed E-state index contributed by atoms with van der Waals surface area (Å²) in [6.07, 6.45) is 6.33. The molecule has 0 radical (unpaired) electrons. The van der Waals surface area contributed by atoms with E-state index in [4.69, 9.17) is 14.5 Å². The van der Waals surface area contributed by atoms with Gasteiger partial charge in [0, 0.05) is 38.5 Å². The number of carbonyl (C=O) groups is 1. The topological polar surface area (TPSA) is 67.5 Å². The fourth-order valence-corrected chi connectivity index (χ4v) is 6.33. The number of hydrogen-bond donors (Lipinski definition) is 1. The quantitative estimate of drug-likeness (QED) is 0.201. The molecular weight excluding hydrogens is 493 g/mol. The minimum Gasteiger partial charge on any atom is -0.457 e. The second-order valence-electron chi connectivity index (χ2n) is 11.6. The number of nitrogens with one attached hydrogen (secondary N) is 1. The van der Waals surface area contributed by atoms with Crippen molar-refractivity contribution in [3.8, 4) is 0 Å². The lowest BCUT2D eigenvalue weighted by Gasteiger charge is -2.47. The molecule has 0 unspecified atom stereocenters. The monoisotopic (exact) mass is 537 g/mol. The van der Waals surface area contributed by atoms with Crippen LogP contribution < -0.4 is 0 Å². The highest BCUT2D eigenvalue weighted by Crippen LogP contribution is 2.48. The zero-order valence-corrected chi connectivity index (χ0v) is 24.1. The van der Waals surface area contributed by atoms with Crippen molar-refractivity contribution in [2.75, 3.05) is 27.3 Å². The molecule has 0 amide bonds. The lowest BCUT2D eigenvalue weighted by molar-refractivity contribution is -0.172. The summed E-state index contributed by atoms with van der Waals surface area (Å²) in [6.45, 7) is 7.33. The molecule has 0 saturated carbocycles. The molecule has 39 heavy (non-hydrogen) atoms. The molecule has 212 valence electrons. The first-order valence-electron chi connectivity index (χ1n) is 14.4. The van der Waals surface area contributed by atoms with Gasteiger partial charge in [0.1, 0.15) is 23.8 Å². The van der Waals surface area contributed by atoms with Crippen LogP contribution in [0.4, 0.5) is 4.39 Å². The van der Waals surface area contributed by atoms with E-state index < -0.39 is 5.60 Å². The first kappa shape index (κ1) is 29.2. The van der Waals surface area contributed by atoms with Gasteiger partial charge in [-0.1, -0.05) is 38.5 Å². The summed E-state index contributed by atoms with van der Waals surface area (Å²) < 4.78 is 25.4. The molecule has 6 nitrogen and oxygen atoms in total. The van der Waals surface area contributed by atoms with E-state index in [0.29, 0.717) is 18.9 Å². The van der Waals surface area contributed by atoms with Gasteiger partial charge in [0.2, 0.25) is 0 Å². The third-order valence-corrected chi connectivity index (χ3v) is 8.43. The van der Waals surface area contributed by atoms with Crippen LogP contribution in [0.1, 0.15) is 75.7 Å². The maximum Gasteiger partial charge on any atom is 0.332 e. The summed E-state index contributed by atoms with van der Waals surface area (Å²) >= 11 is 0. The average molecular weight is 538 g/mol. The van der Waals surface area contributed by atoms with Crippen molar-refractivity contribution in [3.05, 3.63) is 65.2 Å². The van der Waals surface area contributed by atoms with Gasteiger partial charge in [-0.25, -0.2) is 14.2 Å². The number of nitrogens with zero attached hydrogens (tertiary/aromatic N) is 2. The lowest BCUT2D eigenvalue weighted by Crippen LogP contribution is -2.49. The Balaban J connectivity index is 1.38. The zero-order valence-electron chi connectivity index (χ0n) is 24.1. The number of esters is 1. The molecular formula is C32H44FN3O3. The van der Waals surface area contributed by atoms with Crippen molar-refractivity contribution in [1.29, 1.82) is 0 Å². The number of carbonyl (C=O) groups excluding carboxylic acids is 1. The Bertz CT molecular complexity index is 1210. The number of aromatic nitrogens is 2. The smallest absolute Gasteiger partial charge is 0.332 e. The molecule has 1 aromatic heterocycles. The minimum absolute atomic E-state index is 0.00447. The summed E-state index contributed by atoms with van der Waals surface area (Å²) in [5, 5.41) is 0. The number of rotatable bonds is 13. The van der Waals surface area contributed by atoms with E-state index in [1.165, 1.54) is 13.2 Å². The molecule has 7 heteroatoms. The van der Waals surface area contributed by atoms with Crippen LogP contribution in [-0.2, 0) is 27.1 Å². The fourth-order valence-electron chi connectivity index (χ4n) is 6.33. The fraction of sp³-hybridized carbons (Fsp3) is 0.562. The van der Waals surface area contributed by atoms with Crippen LogP contribution in [0.3, 0.4) is 0 Å². The second kappa shape index (κ2) is 13.1. The summed E-state index contributed by atoms with van der Waals surface area (Å²) in [5.41, 5.74) is 3.60. The SMILES string of the molecule is COCC(=O)O[C@]1(CCN(C)[C@@H](C)CCCCc2nc3ccccc3[nH]2)CCc2cc(F)ccc2[C@@H]1C(C)C. The van der Waals surface area contributed by atoms with Crippen molar-refractivity contribution < 1.29 is 18.7 Å². The van der Waals surface area contributed by atoms with Gasteiger partial charge >= 0.3 is 5.97 Å². The molecule has 0 spiro atoms. The van der Waals surface area contributed by atoms with Crippen LogP contribution in [0.2, 0.25) is 0 Å². The van der Waals surface area contributed by atoms with Crippen molar-refractivity contribution in [2.45, 2.75) is 83.3 Å². The van der Waals surface area contributed by atoms with Gasteiger partial charge in [-0.2, -0.15) is 0 Å². The maximum atomic E-state index is 14.0. The van der Waals surface area contributed by atoms with E-state index in [2.05, 4.69) is 43.8 Å². The highest BCUT2D eigenvalue weighted by atomic mass is 19.1. The van der Waals surface area contributed by atoms with Crippen LogP contribution in [0.15, 0.2) is 42.5 Å². The molecule has 3 aromatic rings. The molecule has 0 bridgehead atoms. The number of imidazole rings is 1. The molecule has 4 rings (SSSR count). The third kappa shape index (κ3) is 7.06. The molecule has 3 atom stereocenters. The van der Waals surface area contributed by atoms with Crippen molar-refractivity contribution in [2.24, 2.45) is 5.92 Å². The van der Waals surface area contributed by atoms with Crippen LogP contribution in [0.25, 0.3) is 11.0 Å². The Labute approximate surface area is 232 Å². The first-order chi connectivity index (χ1) is 18.7. The van der Waals surface area contributed by atoms with Gasteiger partial charge < -0.3 is 19.4 Å². The predicted molar refractivity (Wildman–Crippen MR) is 153 cm³/mol. The second-order valence-corrected chi connectivity index (χ2v) is 11.6. The average Bonchev–Trinajstić information content (AvgIpc) is 3.32. The zero-order chi connectivity index (χ0) is 28.0. The highest BCUT2D eigenvalue weighted by Gasteiger charge is 2.47. The Morgan fingerprint density at radius 3 is 2.74 bits per heavy atom. The number of unbranched alkanes of at least 4 members (excludes halogenated alkanes) is 1. The normalized spacial score (nSPS) is 19.9. The number of fused-ring (bicyclic) bond motifs is 2. The molecule has 2 aromatic carbocycles. The summed E-state index contributed by atoms with van der Waals surface area (Å²) in [4.78, 5) is 23.2. The van der Waals surface area contributed by atoms with E-state index in [1.807, 2.05) is 24.3 Å². The summed E-state index contributed by atoms with van der Waals surface area (Å²) in [5.74, 6) is 0.722. The van der Waals surface area contributed by atoms with Crippen LogP contribution in [0.5, 0.6) is 0 Å². The molecule has 0 aliphatic heterocycles. The summed E-state index contributed by atoms with van der Waals surface area (Å²) in [7, 11) is 3.67. The Morgan fingerprint density at radius 2 is 2.00 bits per heavy atom. The van der Waals surface area contributed by atoms with Crippen LogP contribution in [0, 0.1) is 11.7 Å². The maximum absolute atomic E-state index is 14.0. The minimum atomic E-state index is -0.649. The number of aromatic amines is 1. The van der Waals surface area contributed by atoms with Crippen molar-refractivity contribution in [1.82, 2.24) is 14.9 Å². The van der Waals surface area contributed by atoms with E-state index in [1.54, 1.807) is 6.07 Å². The van der Waals surface area contributed by atoms with E-state index >= 15 is 0 Å². The van der Waals surface area contributed by atoms with Gasteiger partial charge in [0.05, 0.1) is 11.0 Å². The first-order valence-corrected chi connectivity index (χ1v) is 14.4. The molecule has 1 heterocycles. The van der Waals surface area contributed by atoms with E-state index in [-0.39, 0.29) is 30.2 Å². The van der Waals surface area contributed by atoms with Crippen molar-refractivity contribution >= 4 is 17.0 Å². The molecule has 1 aliphatic carbocycles. The number of ether oxygens (including phenoxy) is 2. The summed E-state index contributed by atoms with van der Waals surface area (Å²) in [6, 6.07) is 13.6. The number of methoxy groups -OCH3 is 1. The Morgan fingerprint density at radius 1 is 1.21 bits per heavy atom. The Kier molecular flexibility index (Phi) is 9.78. The van der Waals surface area contributed by atoms with Crippen LogP contribution >= 0.6 is 0 Å². The number of aryl methyl sites for hydroxylation is 2. The number of benzene rings is 2.